The fourth-order valence-electron chi connectivity index (χ4n) is 3.73. The summed E-state index contributed by atoms with van der Waals surface area (Å²) in [6, 6.07) is 0. The maximum absolute atomic E-state index is 12.7. The largest absolute Gasteiger partial charge is 0.348 e. The Bertz CT molecular complexity index is 901. The Morgan fingerprint density at radius 3 is 1.92 bits per heavy atom. The Labute approximate surface area is 144 Å². The van der Waals surface area contributed by atoms with Gasteiger partial charge < -0.3 is 9.88 Å². The molecule has 0 spiro atoms. The minimum atomic E-state index is -0.00268. The molecular formula is C21H26N2O. The summed E-state index contributed by atoms with van der Waals surface area (Å²) in [5.41, 5.74) is 12.6. The highest BCUT2D eigenvalue weighted by Gasteiger charge is 2.30. The Hall–Kier alpha value is -2.29. The summed E-state index contributed by atoms with van der Waals surface area (Å²) in [5.74, 6) is -0.00268. The molecule has 0 radical (unpaired) electrons. The first-order valence-corrected chi connectivity index (χ1v) is 8.43. The van der Waals surface area contributed by atoms with Crippen molar-refractivity contribution in [1.29, 1.82) is 0 Å². The van der Waals surface area contributed by atoms with Crippen LogP contribution in [0.2, 0.25) is 0 Å². The van der Waals surface area contributed by atoms with E-state index in [1.54, 1.807) is 0 Å². The number of carbonyl (C=O) groups is 1. The molecule has 2 aromatic rings. The Balaban J connectivity index is 2.31. The monoisotopic (exact) mass is 322 g/mol. The molecule has 2 heterocycles. The van der Waals surface area contributed by atoms with Gasteiger partial charge in [-0.25, -0.2) is 0 Å². The van der Waals surface area contributed by atoms with E-state index in [9.17, 15) is 4.79 Å². The average molecular weight is 322 g/mol. The van der Waals surface area contributed by atoms with Crippen LogP contribution in [0.15, 0.2) is 0 Å². The van der Waals surface area contributed by atoms with Crippen LogP contribution in [-0.2, 0) is 11.8 Å². The summed E-state index contributed by atoms with van der Waals surface area (Å²) in [6.07, 6.45) is 2.05. The fraction of sp³-hybridized carbons (Fsp3) is 0.381. The lowest BCUT2D eigenvalue weighted by Crippen LogP contribution is -2.05. The maximum atomic E-state index is 12.7. The van der Waals surface area contributed by atoms with Crippen LogP contribution >= 0.6 is 0 Å². The van der Waals surface area contributed by atoms with Crippen LogP contribution in [0.1, 0.15) is 50.3 Å². The summed E-state index contributed by atoms with van der Waals surface area (Å²) in [7, 11) is 2.06. The molecule has 1 aliphatic rings. The van der Waals surface area contributed by atoms with Crippen molar-refractivity contribution in [1.82, 2.24) is 4.57 Å². The van der Waals surface area contributed by atoms with Gasteiger partial charge in [0.15, 0.2) is 0 Å². The molecule has 1 N–H and O–H groups in total. The molecule has 1 aromatic heterocycles. The third-order valence-electron chi connectivity index (χ3n) is 6.07. The van der Waals surface area contributed by atoms with E-state index in [2.05, 4.69) is 71.5 Å². The molecule has 0 bridgehead atoms. The molecule has 3 rings (SSSR count). The number of aromatic nitrogens is 1. The second kappa shape index (κ2) is 5.37. The molecule has 0 fully saturated rings. The van der Waals surface area contributed by atoms with Crippen molar-refractivity contribution in [2.24, 2.45) is 7.05 Å². The number of hydrogen-bond donors (Lipinski definition) is 1. The standard InChI is InChI=1S/C21H26N2O/c1-10-11(2)15(6)20-19(14(10)5)17(21(24)22-20)9-18-13(4)12(3)16(7)23(18)8/h9H,1-8H3,(H,22,24)/b17-9-. The first kappa shape index (κ1) is 16.6. The molecule has 0 atom stereocenters. The second-order valence-electron chi connectivity index (χ2n) is 7.04. The van der Waals surface area contributed by atoms with Crippen LogP contribution in [-0.4, -0.2) is 10.5 Å². The van der Waals surface area contributed by atoms with Crippen molar-refractivity contribution in [2.45, 2.75) is 48.5 Å². The highest BCUT2D eigenvalue weighted by atomic mass is 16.2. The first-order chi connectivity index (χ1) is 11.2. The molecule has 0 saturated carbocycles. The van der Waals surface area contributed by atoms with E-state index in [1.807, 2.05) is 0 Å². The van der Waals surface area contributed by atoms with Gasteiger partial charge in [0.25, 0.3) is 5.91 Å². The zero-order valence-electron chi connectivity index (χ0n) is 15.9. The van der Waals surface area contributed by atoms with E-state index in [4.69, 9.17) is 0 Å². The van der Waals surface area contributed by atoms with Gasteiger partial charge in [-0.05, 0) is 87.9 Å². The highest BCUT2D eigenvalue weighted by molar-refractivity contribution is 6.35. The van der Waals surface area contributed by atoms with Crippen LogP contribution < -0.4 is 5.32 Å². The quantitative estimate of drug-likeness (QED) is 0.760. The van der Waals surface area contributed by atoms with E-state index in [1.165, 1.54) is 39.1 Å². The zero-order valence-corrected chi connectivity index (χ0v) is 15.9. The molecule has 3 heteroatoms. The minimum Gasteiger partial charge on any atom is -0.348 e. The van der Waals surface area contributed by atoms with Crippen molar-refractivity contribution >= 4 is 23.2 Å². The number of rotatable bonds is 1. The normalized spacial score (nSPS) is 15.2. The number of fused-ring (bicyclic) bond motifs is 1. The summed E-state index contributed by atoms with van der Waals surface area (Å²) in [6.45, 7) is 14.9. The number of anilines is 1. The Morgan fingerprint density at radius 1 is 0.792 bits per heavy atom. The lowest BCUT2D eigenvalue weighted by Gasteiger charge is -2.15. The molecule has 1 aliphatic heterocycles. The van der Waals surface area contributed by atoms with Gasteiger partial charge in [-0.15, -0.1) is 0 Å². The first-order valence-electron chi connectivity index (χ1n) is 8.43. The van der Waals surface area contributed by atoms with Gasteiger partial charge in [0.05, 0.1) is 11.3 Å². The molecule has 1 amide bonds. The number of nitrogens with one attached hydrogen (secondary N) is 1. The van der Waals surface area contributed by atoms with Crippen molar-refractivity contribution in [3.8, 4) is 0 Å². The number of carbonyl (C=O) groups excluding carboxylic acids is 1. The molecule has 1 aromatic carbocycles. The summed E-state index contributed by atoms with van der Waals surface area (Å²) in [5, 5.41) is 3.09. The minimum absolute atomic E-state index is 0.00268. The molecule has 0 unspecified atom stereocenters. The maximum Gasteiger partial charge on any atom is 0.256 e. The van der Waals surface area contributed by atoms with Crippen LogP contribution in [0.25, 0.3) is 11.6 Å². The van der Waals surface area contributed by atoms with Crippen molar-refractivity contribution < 1.29 is 4.79 Å². The van der Waals surface area contributed by atoms with Gasteiger partial charge in [0, 0.05) is 24.0 Å². The van der Waals surface area contributed by atoms with E-state index in [0.717, 1.165) is 22.5 Å². The predicted molar refractivity (Wildman–Crippen MR) is 102 cm³/mol. The van der Waals surface area contributed by atoms with Gasteiger partial charge in [0.2, 0.25) is 0 Å². The van der Waals surface area contributed by atoms with E-state index < -0.39 is 0 Å². The van der Waals surface area contributed by atoms with Crippen LogP contribution in [0.5, 0.6) is 0 Å². The second-order valence-corrected chi connectivity index (χ2v) is 7.04. The molecule has 0 aliphatic carbocycles. The molecular weight excluding hydrogens is 296 g/mol. The van der Waals surface area contributed by atoms with Gasteiger partial charge in [-0.2, -0.15) is 0 Å². The van der Waals surface area contributed by atoms with Gasteiger partial charge >= 0.3 is 0 Å². The smallest absolute Gasteiger partial charge is 0.256 e. The topological polar surface area (TPSA) is 34.0 Å². The fourth-order valence-corrected chi connectivity index (χ4v) is 3.73. The average Bonchev–Trinajstić information content (AvgIpc) is 2.97. The lowest BCUT2D eigenvalue weighted by atomic mass is 9.90. The number of hydrogen-bond acceptors (Lipinski definition) is 1. The van der Waals surface area contributed by atoms with E-state index in [-0.39, 0.29) is 5.91 Å². The van der Waals surface area contributed by atoms with Crippen molar-refractivity contribution in [2.75, 3.05) is 5.32 Å². The highest BCUT2D eigenvalue weighted by Crippen LogP contribution is 2.41. The van der Waals surface area contributed by atoms with Crippen LogP contribution in [0.3, 0.4) is 0 Å². The predicted octanol–water partition coefficient (Wildman–Crippen LogP) is 4.68. The lowest BCUT2D eigenvalue weighted by molar-refractivity contribution is -0.110. The molecule has 126 valence electrons. The van der Waals surface area contributed by atoms with E-state index >= 15 is 0 Å². The molecule has 24 heavy (non-hydrogen) atoms. The Kier molecular flexibility index (Phi) is 3.71. The SMILES string of the molecule is Cc1c(C)c(C)c2c(c1C)NC(=O)/C2=C\c1c(C)c(C)c(C)n1C. The van der Waals surface area contributed by atoms with E-state index in [0.29, 0.717) is 0 Å². The van der Waals surface area contributed by atoms with Gasteiger partial charge in [-0.3, -0.25) is 4.79 Å². The molecule has 3 nitrogen and oxygen atoms in total. The van der Waals surface area contributed by atoms with Crippen LogP contribution in [0.4, 0.5) is 5.69 Å². The third kappa shape index (κ3) is 2.07. The summed E-state index contributed by atoms with van der Waals surface area (Å²) < 4.78 is 2.17. The van der Waals surface area contributed by atoms with Crippen LogP contribution in [0, 0.1) is 48.5 Å². The Morgan fingerprint density at radius 2 is 1.38 bits per heavy atom. The summed E-state index contributed by atoms with van der Waals surface area (Å²) >= 11 is 0. The summed E-state index contributed by atoms with van der Waals surface area (Å²) in [4.78, 5) is 12.7. The van der Waals surface area contributed by atoms with Crippen molar-refractivity contribution in [3.63, 3.8) is 0 Å². The molecule has 0 saturated heterocycles. The zero-order chi connectivity index (χ0) is 17.9. The number of amides is 1. The van der Waals surface area contributed by atoms with Gasteiger partial charge in [-0.1, -0.05) is 0 Å². The number of nitrogens with zero attached hydrogens (tertiary/aromatic N) is 1. The van der Waals surface area contributed by atoms with Crippen molar-refractivity contribution in [3.05, 3.63) is 50.3 Å². The van der Waals surface area contributed by atoms with Gasteiger partial charge in [0.1, 0.15) is 0 Å². The third-order valence-corrected chi connectivity index (χ3v) is 6.07. The number of benzene rings is 1.